The molecule has 15 heavy (non-hydrogen) atoms. The Hall–Kier alpha value is -0.620. The summed E-state index contributed by atoms with van der Waals surface area (Å²) < 4.78 is 0. The minimum Gasteiger partial charge on any atom is -0.481 e. The lowest BCUT2D eigenvalue weighted by Gasteiger charge is -2.03. The van der Waals surface area contributed by atoms with Crippen LogP contribution in [0.15, 0.2) is 12.7 Å². The lowest BCUT2D eigenvalue weighted by atomic mass is 10.6. The van der Waals surface area contributed by atoms with E-state index in [0.717, 1.165) is 5.75 Å². The van der Waals surface area contributed by atoms with Crippen LogP contribution in [-0.4, -0.2) is 46.5 Å². The third-order valence-electron chi connectivity index (χ3n) is 1.26. The van der Waals surface area contributed by atoms with Gasteiger partial charge in [-0.1, -0.05) is 6.08 Å². The van der Waals surface area contributed by atoms with Gasteiger partial charge >= 0.3 is 5.97 Å². The molecule has 0 saturated heterocycles. The number of thioether (sulfide) groups is 2. The maximum Gasteiger partial charge on any atom is 0.313 e. The van der Waals surface area contributed by atoms with Gasteiger partial charge in [-0.05, 0) is 0 Å². The van der Waals surface area contributed by atoms with Gasteiger partial charge in [0.2, 0.25) is 5.91 Å². The molecular weight excluding hydrogens is 234 g/mol. The van der Waals surface area contributed by atoms with Crippen molar-refractivity contribution in [2.24, 2.45) is 0 Å². The number of amides is 1. The molecule has 6 heteroatoms. The van der Waals surface area contributed by atoms with Gasteiger partial charge in [-0.2, -0.15) is 0 Å². The zero-order valence-electron chi connectivity index (χ0n) is 8.40. The maximum absolute atomic E-state index is 11.1. The van der Waals surface area contributed by atoms with E-state index in [4.69, 9.17) is 5.11 Å². The molecule has 0 fully saturated rings. The molecule has 0 unspecified atom stereocenters. The predicted octanol–water partition coefficient (Wildman–Crippen LogP) is 0.840. The number of aliphatic carboxylic acids is 1. The molecular formula is C9H15NO3S2. The van der Waals surface area contributed by atoms with Gasteiger partial charge in [0.1, 0.15) is 0 Å². The summed E-state index contributed by atoms with van der Waals surface area (Å²) in [5.74, 6) is 1.06. The summed E-state index contributed by atoms with van der Waals surface area (Å²) in [6.07, 6.45) is 1.75. The Balaban J connectivity index is 3.23. The monoisotopic (exact) mass is 249 g/mol. The van der Waals surface area contributed by atoms with Crippen molar-refractivity contribution in [2.75, 3.05) is 29.6 Å². The van der Waals surface area contributed by atoms with Crippen LogP contribution in [0.4, 0.5) is 0 Å². The van der Waals surface area contributed by atoms with Crippen LogP contribution in [0.25, 0.3) is 0 Å². The van der Waals surface area contributed by atoms with Gasteiger partial charge < -0.3 is 10.4 Å². The van der Waals surface area contributed by atoms with Crippen molar-refractivity contribution in [1.29, 1.82) is 0 Å². The first-order chi connectivity index (χ1) is 7.16. The summed E-state index contributed by atoms with van der Waals surface area (Å²) in [6, 6.07) is 0. The number of rotatable bonds is 9. The number of carbonyl (C=O) groups excluding carboxylic acids is 1. The van der Waals surface area contributed by atoms with Gasteiger partial charge in [-0.3, -0.25) is 9.59 Å². The molecule has 0 spiro atoms. The molecule has 0 aliphatic heterocycles. The van der Waals surface area contributed by atoms with Gasteiger partial charge in [-0.15, -0.1) is 30.1 Å². The molecule has 0 aromatic rings. The van der Waals surface area contributed by atoms with Crippen molar-refractivity contribution in [3.8, 4) is 0 Å². The first-order valence-electron chi connectivity index (χ1n) is 4.41. The third kappa shape index (κ3) is 11.3. The number of carboxylic acids is 1. The van der Waals surface area contributed by atoms with Crippen molar-refractivity contribution >= 4 is 35.4 Å². The van der Waals surface area contributed by atoms with Crippen molar-refractivity contribution in [1.82, 2.24) is 5.32 Å². The fourth-order valence-corrected chi connectivity index (χ4v) is 1.85. The van der Waals surface area contributed by atoms with E-state index in [9.17, 15) is 9.59 Å². The Kier molecular flexibility index (Phi) is 9.51. The number of nitrogens with one attached hydrogen (secondary N) is 1. The Labute approximate surface area is 97.9 Å². The van der Waals surface area contributed by atoms with E-state index in [2.05, 4.69) is 11.9 Å². The van der Waals surface area contributed by atoms with Gasteiger partial charge in [0.05, 0.1) is 11.5 Å². The maximum atomic E-state index is 11.1. The van der Waals surface area contributed by atoms with Crippen LogP contribution >= 0.6 is 23.5 Å². The highest BCUT2D eigenvalue weighted by Crippen LogP contribution is 1.99. The molecule has 0 saturated carbocycles. The Morgan fingerprint density at radius 2 is 2.07 bits per heavy atom. The molecule has 0 bridgehead atoms. The molecule has 4 nitrogen and oxygen atoms in total. The van der Waals surface area contributed by atoms with Gasteiger partial charge in [0, 0.05) is 18.1 Å². The number of carbonyl (C=O) groups is 2. The fraction of sp³-hybridized carbons (Fsp3) is 0.556. The zero-order chi connectivity index (χ0) is 11.5. The van der Waals surface area contributed by atoms with Crippen LogP contribution in [0.3, 0.4) is 0 Å². The van der Waals surface area contributed by atoms with Crippen LogP contribution in [0.5, 0.6) is 0 Å². The molecule has 0 aliphatic rings. The van der Waals surface area contributed by atoms with Crippen LogP contribution in [0, 0.1) is 0 Å². The van der Waals surface area contributed by atoms with Crippen molar-refractivity contribution in [2.45, 2.75) is 0 Å². The molecule has 0 heterocycles. The van der Waals surface area contributed by atoms with Crippen molar-refractivity contribution < 1.29 is 14.7 Å². The second kappa shape index (κ2) is 9.92. The zero-order valence-corrected chi connectivity index (χ0v) is 10.0. The largest absolute Gasteiger partial charge is 0.481 e. The second-order valence-electron chi connectivity index (χ2n) is 2.60. The molecule has 0 aromatic heterocycles. The van der Waals surface area contributed by atoms with E-state index in [1.54, 1.807) is 6.08 Å². The normalized spacial score (nSPS) is 9.60. The fourth-order valence-electron chi connectivity index (χ4n) is 0.708. The highest BCUT2D eigenvalue weighted by molar-refractivity contribution is 8.00. The average molecular weight is 249 g/mol. The summed E-state index contributed by atoms with van der Waals surface area (Å²) in [5.41, 5.74) is 0. The number of hydrogen-bond acceptors (Lipinski definition) is 4. The molecule has 0 radical (unpaired) electrons. The molecule has 0 rings (SSSR count). The standard InChI is InChI=1S/C9H15NO3S2/c1-2-4-14-6-8(11)10-3-5-15-7-9(12)13/h2H,1,3-7H2,(H,10,11)(H,12,13). The first-order valence-corrected chi connectivity index (χ1v) is 6.72. The molecule has 2 N–H and O–H groups in total. The summed E-state index contributed by atoms with van der Waals surface area (Å²) in [7, 11) is 0. The van der Waals surface area contributed by atoms with Crippen LogP contribution in [0.1, 0.15) is 0 Å². The molecule has 0 atom stereocenters. The van der Waals surface area contributed by atoms with Crippen LogP contribution in [-0.2, 0) is 9.59 Å². The minimum atomic E-state index is -0.826. The number of hydrogen-bond donors (Lipinski definition) is 2. The van der Waals surface area contributed by atoms with Gasteiger partial charge in [-0.25, -0.2) is 0 Å². The highest BCUT2D eigenvalue weighted by atomic mass is 32.2. The van der Waals surface area contributed by atoms with Crippen LogP contribution in [0.2, 0.25) is 0 Å². The van der Waals surface area contributed by atoms with E-state index in [1.165, 1.54) is 23.5 Å². The topological polar surface area (TPSA) is 66.4 Å². The molecule has 86 valence electrons. The van der Waals surface area contributed by atoms with Gasteiger partial charge in [0.25, 0.3) is 0 Å². The lowest BCUT2D eigenvalue weighted by molar-refractivity contribution is -0.133. The van der Waals surface area contributed by atoms with E-state index < -0.39 is 5.97 Å². The third-order valence-corrected chi connectivity index (χ3v) is 3.14. The molecule has 0 aromatic carbocycles. The van der Waals surface area contributed by atoms with E-state index in [0.29, 0.717) is 18.1 Å². The van der Waals surface area contributed by atoms with Crippen molar-refractivity contribution in [3.63, 3.8) is 0 Å². The highest BCUT2D eigenvalue weighted by Gasteiger charge is 2.00. The van der Waals surface area contributed by atoms with E-state index >= 15 is 0 Å². The average Bonchev–Trinajstić information content (AvgIpc) is 2.17. The molecule has 0 aliphatic carbocycles. The van der Waals surface area contributed by atoms with Gasteiger partial charge in [0.15, 0.2) is 0 Å². The lowest BCUT2D eigenvalue weighted by Crippen LogP contribution is -2.27. The number of carboxylic acid groups (broad SMARTS) is 1. The first kappa shape index (κ1) is 14.4. The van der Waals surface area contributed by atoms with E-state index in [-0.39, 0.29) is 11.7 Å². The summed E-state index contributed by atoms with van der Waals surface area (Å²) in [4.78, 5) is 21.3. The quantitative estimate of drug-likeness (QED) is 0.468. The Bertz CT molecular complexity index is 221. The smallest absolute Gasteiger partial charge is 0.313 e. The summed E-state index contributed by atoms with van der Waals surface area (Å²) >= 11 is 2.79. The Morgan fingerprint density at radius 3 is 2.67 bits per heavy atom. The minimum absolute atomic E-state index is 0.0159. The van der Waals surface area contributed by atoms with Crippen LogP contribution < -0.4 is 5.32 Å². The molecule has 1 amide bonds. The summed E-state index contributed by atoms with van der Waals surface area (Å²) in [6.45, 7) is 4.07. The Morgan fingerprint density at radius 1 is 1.33 bits per heavy atom. The second-order valence-corrected chi connectivity index (χ2v) is 4.74. The summed E-state index contributed by atoms with van der Waals surface area (Å²) in [5, 5.41) is 11.1. The van der Waals surface area contributed by atoms with E-state index in [1.807, 2.05) is 0 Å². The SMILES string of the molecule is C=CCSCC(=O)NCCSCC(=O)O. The van der Waals surface area contributed by atoms with Crippen molar-refractivity contribution in [3.05, 3.63) is 12.7 Å². The predicted molar refractivity (Wildman–Crippen MR) is 65.5 cm³/mol.